The Morgan fingerprint density at radius 1 is 1.33 bits per heavy atom. The molecule has 2 saturated heterocycles. The molecule has 0 spiro atoms. The lowest BCUT2D eigenvalue weighted by molar-refractivity contribution is -0.925. The first-order valence-corrected chi connectivity index (χ1v) is 10.3. The number of rotatable bonds is 4. The van der Waals surface area contributed by atoms with Crippen molar-refractivity contribution in [3.05, 3.63) is 29.3 Å². The van der Waals surface area contributed by atoms with E-state index in [1.807, 2.05) is 0 Å². The zero-order valence-corrected chi connectivity index (χ0v) is 15.0. The van der Waals surface area contributed by atoms with Crippen LogP contribution in [0.25, 0.3) is 0 Å². The Hall–Kier alpha value is -1.31. The van der Waals surface area contributed by atoms with Crippen LogP contribution >= 0.6 is 11.6 Å². The first kappa shape index (κ1) is 17.5. The molecule has 0 radical (unpaired) electrons. The fourth-order valence-corrected chi connectivity index (χ4v) is 5.37. The number of carbonyl (C=O) groups is 1. The van der Waals surface area contributed by atoms with Crippen molar-refractivity contribution in [1.29, 1.82) is 0 Å². The predicted molar refractivity (Wildman–Crippen MR) is 91.3 cm³/mol. The number of piperazine rings is 1. The number of sulfone groups is 1. The molecular formula is C16H22ClN2O4S+. The molecule has 0 aliphatic carbocycles. The molecule has 2 heterocycles. The molecule has 6 nitrogen and oxygen atoms in total. The quantitative estimate of drug-likeness (QED) is 0.782. The summed E-state index contributed by atoms with van der Waals surface area (Å²) in [5.41, 5.74) is 0. The molecule has 1 N–H and O–H groups in total. The van der Waals surface area contributed by atoms with Gasteiger partial charge in [-0.1, -0.05) is 17.7 Å². The van der Waals surface area contributed by atoms with Gasteiger partial charge in [-0.05, 0) is 18.2 Å². The minimum absolute atomic E-state index is 0.00646. The molecule has 1 amide bonds. The van der Waals surface area contributed by atoms with Crippen LogP contribution in [0.4, 0.5) is 0 Å². The highest BCUT2D eigenvalue weighted by Gasteiger charge is 2.37. The summed E-state index contributed by atoms with van der Waals surface area (Å²) >= 11 is 5.89. The Balaban J connectivity index is 1.45. The maximum Gasteiger partial charge on any atom is 0.260 e. The fraction of sp³-hybridized carbons (Fsp3) is 0.562. The monoisotopic (exact) mass is 373 g/mol. The summed E-state index contributed by atoms with van der Waals surface area (Å²) in [6.45, 7) is 2.87. The van der Waals surface area contributed by atoms with Gasteiger partial charge in [-0.2, -0.15) is 0 Å². The highest BCUT2D eigenvalue weighted by atomic mass is 35.5. The van der Waals surface area contributed by atoms with Gasteiger partial charge in [0.25, 0.3) is 5.91 Å². The van der Waals surface area contributed by atoms with E-state index in [1.165, 1.54) is 4.90 Å². The average Bonchev–Trinajstić information content (AvgIpc) is 2.93. The van der Waals surface area contributed by atoms with E-state index in [0.717, 1.165) is 19.5 Å². The minimum atomic E-state index is -2.85. The van der Waals surface area contributed by atoms with Crippen molar-refractivity contribution in [1.82, 2.24) is 4.90 Å². The Morgan fingerprint density at radius 2 is 2.08 bits per heavy atom. The first-order chi connectivity index (χ1) is 11.4. The van der Waals surface area contributed by atoms with E-state index in [9.17, 15) is 13.2 Å². The summed E-state index contributed by atoms with van der Waals surface area (Å²) in [5, 5.41) is 0.573. The summed E-state index contributed by atoms with van der Waals surface area (Å²) in [6.07, 6.45) is 0.740. The summed E-state index contributed by atoms with van der Waals surface area (Å²) in [7, 11) is -2.85. The van der Waals surface area contributed by atoms with Crippen LogP contribution in [0, 0.1) is 0 Å². The van der Waals surface area contributed by atoms with E-state index in [0.29, 0.717) is 29.6 Å². The van der Waals surface area contributed by atoms with Crippen molar-refractivity contribution in [2.45, 2.75) is 12.5 Å². The summed E-state index contributed by atoms with van der Waals surface area (Å²) in [6, 6.07) is 7.16. The van der Waals surface area contributed by atoms with Crippen molar-refractivity contribution in [3.8, 4) is 5.75 Å². The predicted octanol–water partition coefficient (Wildman–Crippen LogP) is -0.367. The number of hydrogen-bond donors (Lipinski definition) is 1. The lowest BCUT2D eigenvalue weighted by Crippen LogP contribution is -3.18. The number of ether oxygens (including phenoxy) is 1. The van der Waals surface area contributed by atoms with Gasteiger partial charge < -0.3 is 14.5 Å². The van der Waals surface area contributed by atoms with Crippen LogP contribution in [0.1, 0.15) is 6.42 Å². The van der Waals surface area contributed by atoms with Crippen molar-refractivity contribution in [2.24, 2.45) is 0 Å². The molecule has 1 aromatic carbocycles. The number of amides is 1. The molecule has 2 fully saturated rings. The molecule has 0 bridgehead atoms. The average molecular weight is 374 g/mol. The summed E-state index contributed by atoms with van der Waals surface area (Å²) in [4.78, 5) is 15.3. The molecule has 3 rings (SSSR count). The third-order valence-electron chi connectivity index (χ3n) is 4.73. The second kappa shape index (κ2) is 7.29. The van der Waals surface area contributed by atoms with Crippen LogP contribution in [0.2, 0.25) is 5.02 Å². The van der Waals surface area contributed by atoms with E-state index in [-0.39, 0.29) is 24.3 Å². The number of quaternary nitrogens is 1. The molecule has 132 valence electrons. The van der Waals surface area contributed by atoms with E-state index >= 15 is 0 Å². The van der Waals surface area contributed by atoms with Crippen LogP contribution in [0.5, 0.6) is 5.75 Å². The number of carbonyl (C=O) groups excluding carboxylic acids is 1. The number of halogens is 1. The van der Waals surface area contributed by atoms with Crippen molar-refractivity contribution >= 4 is 27.3 Å². The Labute approximate surface area is 147 Å². The van der Waals surface area contributed by atoms with Gasteiger partial charge in [0.05, 0.1) is 31.9 Å². The van der Waals surface area contributed by atoms with E-state index in [4.69, 9.17) is 16.3 Å². The van der Waals surface area contributed by atoms with Crippen LogP contribution in [-0.2, 0) is 14.6 Å². The van der Waals surface area contributed by atoms with Crippen LogP contribution in [0.3, 0.4) is 0 Å². The molecule has 2 aliphatic heterocycles. The van der Waals surface area contributed by atoms with Crippen LogP contribution < -0.4 is 9.64 Å². The topological polar surface area (TPSA) is 68.1 Å². The minimum Gasteiger partial charge on any atom is -0.484 e. The summed E-state index contributed by atoms with van der Waals surface area (Å²) < 4.78 is 28.7. The highest BCUT2D eigenvalue weighted by molar-refractivity contribution is 7.91. The third kappa shape index (κ3) is 4.40. The number of hydrogen-bond acceptors (Lipinski definition) is 4. The molecular weight excluding hydrogens is 352 g/mol. The first-order valence-electron chi connectivity index (χ1n) is 8.14. The Morgan fingerprint density at radius 3 is 2.71 bits per heavy atom. The molecule has 1 aromatic rings. The van der Waals surface area contributed by atoms with Gasteiger partial charge in [0, 0.05) is 11.4 Å². The molecule has 8 heteroatoms. The number of benzene rings is 1. The zero-order chi connectivity index (χ0) is 17.2. The van der Waals surface area contributed by atoms with Gasteiger partial charge >= 0.3 is 0 Å². The van der Waals surface area contributed by atoms with Crippen molar-refractivity contribution < 1.29 is 22.8 Å². The van der Waals surface area contributed by atoms with Crippen LogP contribution in [-0.4, -0.2) is 69.6 Å². The molecule has 0 saturated carbocycles. The Kier molecular flexibility index (Phi) is 5.32. The van der Waals surface area contributed by atoms with E-state index < -0.39 is 9.84 Å². The SMILES string of the molecule is O=C(COc1cccc(Cl)c1)N1CC[NH+]([C@@H]2CCS(=O)(=O)C2)CC1. The molecule has 0 aromatic heterocycles. The number of nitrogens with one attached hydrogen (secondary N) is 1. The zero-order valence-electron chi connectivity index (χ0n) is 13.4. The van der Waals surface area contributed by atoms with Gasteiger partial charge in [0.1, 0.15) is 17.5 Å². The van der Waals surface area contributed by atoms with Gasteiger partial charge in [-0.3, -0.25) is 4.79 Å². The molecule has 24 heavy (non-hydrogen) atoms. The van der Waals surface area contributed by atoms with Gasteiger partial charge in [-0.15, -0.1) is 0 Å². The second-order valence-electron chi connectivity index (χ2n) is 6.39. The van der Waals surface area contributed by atoms with Gasteiger partial charge in [-0.25, -0.2) is 8.42 Å². The normalized spacial score (nSPS) is 24.0. The van der Waals surface area contributed by atoms with Crippen molar-refractivity contribution in [3.63, 3.8) is 0 Å². The maximum atomic E-state index is 12.3. The van der Waals surface area contributed by atoms with Crippen LogP contribution in [0.15, 0.2) is 24.3 Å². The largest absolute Gasteiger partial charge is 0.484 e. The molecule has 0 unspecified atom stereocenters. The Bertz CT molecular complexity index is 702. The van der Waals surface area contributed by atoms with Gasteiger partial charge in [0.2, 0.25) is 0 Å². The standard InChI is InChI=1S/C16H21ClN2O4S/c17-13-2-1-3-15(10-13)23-11-16(20)19-7-5-18(6-8-19)14-4-9-24(21,22)12-14/h1-3,10,14H,4-9,11-12H2/p+1/t14-/m1/s1. The summed E-state index contributed by atoms with van der Waals surface area (Å²) in [5.74, 6) is 1.12. The molecule has 2 aliphatic rings. The van der Waals surface area contributed by atoms with E-state index in [1.54, 1.807) is 29.2 Å². The fourth-order valence-electron chi connectivity index (χ4n) is 3.36. The lowest BCUT2D eigenvalue weighted by atomic mass is 10.2. The third-order valence-corrected chi connectivity index (χ3v) is 6.73. The highest BCUT2D eigenvalue weighted by Crippen LogP contribution is 2.17. The number of nitrogens with zero attached hydrogens (tertiary/aromatic N) is 1. The smallest absolute Gasteiger partial charge is 0.260 e. The molecule has 1 atom stereocenters. The van der Waals surface area contributed by atoms with Gasteiger partial charge in [0.15, 0.2) is 16.4 Å². The second-order valence-corrected chi connectivity index (χ2v) is 9.05. The maximum absolute atomic E-state index is 12.3. The lowest BCUT2D eigenvalue weighted by Gasteiger charge is -2.34. The van der Waals surface area contributed by atoms with Crippen molar-refractivity contribution in [2.75, 3.05) is 44.3 Å². The van der Waals surface area contributed by atoms with E-state index in [2.05, 4.69) is 0 Å².